The van der Waals surface area contributed by atoms with Gasteiger partial charge in [0.1, 0.15) is 11.5 Å². The number of aromatic nitrogens is 1. The minimum Gasteiger partial charge on any atom is -0.427 e. The summed E-state index contributed by atoms with van der Waals surface area (Å²) in [6.07, 6.45) is 6.36. The quantitative estimate of drug-likeness (QED) is 0.0675. The molecule has 9 heteroatoms. The van der Waals surface area contributed by atoms with E-state index in [2.05, 4.69) is 5.16 Å². The summed E-state index contributed by atoms with van der Waals surface area (Å²) in [5.41, 5.74) is 3.24. The van der Waals surface area contributed by atoms with E-state index in [9.17, 15) is 18.6 Å². The number of ether oxygens (including phenoxy) is 1. The van der Waals surface area contributed by atoms with Crippen molar-refractivity contribution in [3.63, 3.8) is 0 Å². The van der Waals surface area contributed by atoms with Crippen LogP contribution in [0, 0.1) is 5.92 Å². The van der Waals surface area contributed by atoms with Crippen LogP contribution in [0.2, 0.25) is 0 Å². The zero-order valence-electron chi connectivity index (χ0n) is 22.6. The van der Waals surface area contributed by atoms with Crippen molar-refractivity contribution in [1.82, 2.24) is 4.57 Å². The van der Waals surface area contributed by atoms with Crippen molar-refractivity contribution < 1.29 is 28.2 Å². The molecule has 8 nitrogen and oxygen atoms in total. The predicted octanol–water partition coefficient (Wildman–Crippen LogP) is 6.13. The van der Waals surface area contributed by atoms with E-state index in [0.717, 1.165) is 64.5 Å². The maximum absolute atomic E-state index is 13.8. The van der Waals surface area contributed by atoms with Crippen molar-refractivity contribution in [2.24, 2.45) is 11.1 Å². The monoisotopic (exact) mass is 558 g/mol. The summed E-state index contributed by atoms with van der Waals surface area (Å²) in [5.74, 6) is -0.957. The number of carbonyl (C=O) groups excluding carboxylic acids is 3. The van der Waals surface area contributed by atoms with Crippen LogP contribution >= 0.6 is 0 Å². The van der Waals surface area contributed by atoms with Crippen molar-refractivity contribution in [3.8, 4) is 11.4 Å². The normalized spacial score (nSPS) is 15.2. The number of rotatable bonds is 7. The summed E-state index contributed by atoms with van der Waals surface area (Å²) in [7, 11) is -1.11. The van der Waals surface area contributed by atoms with Crippen LogP contribution in [-0.2, 0) is 25.2 Å². The molecule has 1 unspecified atom stereocenters. The molecule has 0 amide bonds. The highest BCUT2D eigenvalue weighted by Gasteiger charge is 2.28. The molecule has 0 radical (unpaired) electrons. The number of benzene rings is 3. The molecule has 3 aromatic carbocycles. The number of ketones is 1. The van der Waals surface area contributed by atoms with E-state index in [1.807, 2.05) is 47.0 Å². The third-order valence-corrected chi connectivity index (χ3v) is 8.12. The van der Waals surface area contributed by atoms with Crippen LogP contribution in [0.5, 0.6) is 5.75 Å². The molecular formula is C31H30N2O6S. The summed E-state index contributed by atoms with van der Waals surface area (Å²) < 4.78 is 19.4. The minimum atomic E-state index is -1.11. The van der Waals surface area contributed by atoms with Gasteiger partial charge in [-0.2, -0.15) is 0 Å². The molecule has 5 rings (SSSR count). The molecule has 1 saturated carbocycles. The number of hydrogen-bond acceptors (Lipinski definition) is 7. The minimum absolute atomic E-state index is 0.0733. The van der Waals surface area contributed by atoms with Crippen LogP contribution in [0.1, 0.15) is 56.3 Å². The second kappa shape index (κ2) is 11.6. The number of nitrogens with zero attached hydrogens (tertiary/aromatic N) is 2. The lowest BCUT2D eigenvalue weighted by molar-refractivity contribution is -0.141. The van der Waals surface area contributed by atoms with Crippen molar-refractivity contribution in [2.45, 2.75) is 50.8 Å². The summed E-state index contributed by atoms with van der Waals surface area (Å²) in [6.45, 7) is 2.61. The van der Waals surface area contributed by atoms with Gasteiger partial charge in [0.25, 0.3) is 0 Å². The second-order valence-corrected chi connectivity index (χ2v) is 11.4. The lowest BCUT2D eigenvalue weighted by Crippen LogP contribution is -2.27. The molecule has 0 N–H and O–H groups in total. The van der Waals surface area contributed by atoms with Crippen LogP contribution in [0.3, 0.4) is 0 Å². The predicted molar refractivity (Wildman–Crippen MR) is 155 cm³/mol. The van der Waals surface area contributed by atoms with Crippen molar-refractivity contribution in [3.05, 3.63) is 66.2 Å². The summed E-state index contributed by atoms with van der Waals surface area (Å²) in [4.78, 5) is 42.6. The third kappa shape index (κ3) is 5.60. The Kier molecular flexibility index (Phi) is 7.93. The van der Waals surface area contributed by atoms with Gasteiger partial charge in [-0.25, -0.2) is 4.79 Å². The van der Waals surface area contributed by atoms with Gasteiger partial charge in [0.2, 0.25) is 5.78 Å². The first-order valence-electron chi connectivity index (χ1n) is 13.2. The van der Waals surface area contributed by atoms with Gasteiger partial charge in [0, 0.05) is 63.7 Å². The van der Waals surface area contributed by atoms with Crippen molar-refractivity contribution in [1.29, 1.82) is 0 Å². The van der Waals surface area contributed by atoms with Crippen LogP contribution in [0.25, 0.3) is 27.5 Å². The smallest absolute Gasteiger partial charge is 0.331 e. The van der Waals surface area contributed by atoms with Gasteiger partial charge in [0.15, 0.2) is 0 Å². The van der Waals surface area contributed by atoms with Gasteiger partial charge in [0.05, 0.1) is 11.0 Å². The lowest BCUT2D eigenvalue weighted by Gasteiger charge is -2.22. The van der Waals surface area contributed by atoms with E-state index >= 15 is 0 Å². The summed E-state index contributed by atoms with van der Waals surface area (Å²) >= 11 is 0. The number of hydrogen-bond donors (Lipinski definition) is 0. The molecule has 40 heavy (non-hydrogen) atoms. The molecule has 0 spiro atoms. The molecule has 0 saturated heterocycles. The van der Waals surface area contributed by atoms with Gasteiger partial charge in [-0.05, 0) is 73.5 Å². The molecule has 1 aliphatic carbocycles. The molecule has 0 bridgehead atoms. The zero-order valence-corrected chi connectivity index (χ0v) is 23.5. The van der Waals surface area contributed by atoms with Crippen molar-refractivity contribution in [2.75, 3.05) is 6.26 Å². The van der Waals surface area contributed by atoms with Crippen LogP contribution < -0.4 is 4.74 Å². The Labute approximate surface area is 234 Å². The number of Topliss-reactive ketones (excluding diaryl/α,β-unsaturated/α-hetero) is 1. The molecule has 4 aromatic rings. The Bertz CT molecular complexity index is 1680. The number of fused-ring (bicyclic) bond motifs is 3. The number of carbonyl (C=O) groups is 3. The number of oxime groups is 1. The van der Waals surface area contributed by atoms with E-state index in [1.54, 1.807) is 24.5 Å². The average molecular weight is 559 g/mol. The highest BCUT2D eigenvalue weighted by molar-refractivity contribution is 7.84. The molecule has 1 aliphatic rings. The van der Waals surface area contributed by atoms with Gasteiger partial charge in [-0.1, -0.05) is 24.4 Å². The first kappa shape index (κ1) is 27.5. The van der Waals surface area contributed by atoms with Gasteiger partial charge < -0.3 is 14.1 Å². The molecule has 1 aromatic heterocycles. The van der Waals surface area contributed by atoms with Crippen LogP contribution in [0.4, 0.5) is 0 Å². The Morgan fingerprint density at radius 3 is 2.12 bits per heavy atom. The van der Waals surface area contributed by atoms with E-state index in [1.165, 1.54) is 13.8 Å². The summed E-state index contributed by atoms with van der Waals surface area (Å²) in [6, 6.07) is 18.3. The van der Waals surface area contributed by atoms with Gasteiger partial charge in [-0.3, -0.25) is 13.8 Å². The standard InChI is InChI=1S/C31H30N2O6S/c1-19(34)38-24-12-16-29-27(18-24)26-17-22(31(36)30(32-39-20(2)35)21-7-5-4-6-8-21)9-15-28(26)33(29)23-10-13-25(14-11-23)40(3)37/h9-18,21H,4-8H2,1-3H3. The second-order valence-electron chi connectivity index (χ2n) is 10.0. The topological polar surface area (TPSA) is 104 Å². The molecule has 1 heterocycles. The maximum atomic E-state index is 13.8. The molecule has 206 valence electrons. The lowest BCUT2D eigenvalue weighted by atomic mass is 9.83. The zero-order chi connectivity index (χ0) is 28.4. The Morgan fingerprint density at radius 2 is 1.50 bits per heavy atom. The highest BCUT2D eigenvalue weighted by Crippen LogP contribution is 2.36. The van der Waals surface area contributed by atoms with E-state index in [4.69, 9.17) is 9.57 Å². The third-order valence-electron chi connectivity index (χ3n) is 7.18. The SMILES string of the molecule is CC(=O)ON=C(C(=O)c1ccc2c(c1)c1cc(OC(C)=O)ccc1n2-c1ccc(S(C)=O)cc1)C1CCCCC1. The number of esters is 1. The first-order valence-corrected chi connectivity index (χ1v) is 14.8. The van der Waals surface area contributed by atoms with E-state index in [-0.39, 0.29) is 17.4 Å². The van der Waals surface area contributed by atoms with Gasteiger partial charge >= 0.3 is 11.9 Å². The Hall–Kier alpha value is -4.11. The summed E-state index contributed by atoms with van der Waals surface area (Å²) in [5, 5.41) is 5.60. The van der Waals surface area contributed by atoms with E-state index in [0.29, 0.717) is 11.3 Å². The average Bonchev–Trinajstić information content (AvgIpc) is 3.26. The van der Waals surface area contributed by atoms with Crippen molar-refractivity contribution >= 4 is 56.0 Å². The van der Waals surface area contributed by atoms with Gasteiger partial charge in [-0.15, -0.1) is 0 Å². The molecule has 1 atom stereocenters. The largest absolute Gasteiger partial charge is 0.427 e. The first-order chi connectivity index (χ1) is 19.2. The fraction of sp³-hybridized carbons (Fsp3) is 0.290. The molecule has 1 fully saturated rings. The fourth-order valence-corrected chi connectivity index (χ4v) is 5.90. The Morgan fingerprint density at radius 1 is 0.850 bits per heavy atom. The fourth-order valence-electron chi connectivity index (χ4n) is 5.38. The Balaban J connectivity index is 1.67. The van der Waals surface area contributed by atoms with Crippen LogP contribution in [0.15, 0.2) is 70.7 Å². The highest BCUT2D eigenvalue weighted by atomic mass is 32.2. The molecular weight excluding hydrogens is 528 g/mol. The van der Waals surface area contributed by atoms with E-state index < -0.39 is 22.7 Å². The maximum Gasteiger partial charge on any atom is 0.331 e. The van der Waals surface area contributed by atoms with Crippen LogP contribution in [-0.4, -0.2) is 38.5 Å². The molecule has 0 aliphatic heterocycles.